The van der Waals surface area contributed by atoms with Crippen LogP contribution in [0.4, 0.5) is 10.1 Å². The van der Waals surface area contributed by atoms with Gasteiger partial charge < -0.3 is 15.0 Å². The largest absolute Gasteiger partial charge is 0.449 e. The first-order chi connectivity index (χ1) is 16.1. The Bertz CT molecular complexity index is 1130. The first-order valence-corrected chi connectivity index (χ1v) is 12.6. The van der Waals surface area contributed by atoms with Crippen molar-refractivity contribution >= 4 is 27.6 Å². The van der Waals surface area contributed by atoms with E-state index in [2.05, 4.69) is 5.32 Å². The lowest BCUT2D eigenvalue weighted by Gasteiger charge is -2.30. The first-order valence-electron chi connectivity index (χ1n) is 11.1. The zero-order chi connectivity index (χ0) is 24.9. The summed E-state index contributed by atoms with van der Waals surface area (Å²) in [5.74, 6) is -1.67. The SMILES string of the molecule is C[C@H](OC(=O)c1cc(S(=O)(=O)N(C)C)ccc1N1CCCCC1)C(=O)NCc1ccc(F)cc1. The maximum absolute atomic E-state index is 13.1. The number of amides is 1. The molecule has 1 heterocycles. The summed E-state index contributed by atoms with van der Waals surface area (Å²) < 4.78 is 44.8. The number of benzene rings is 2. The number of nitrogens with one attached hydrogen (secondary N) is 1. The molecular weight excluding hydrogens is 461 g/mol. The van der Waals surface area contributed by atoms with E-state index in [9.17, 15) is 22.4 Å². The third kappa shape index (κ3) is 6.12. The molecule has 1 aliphatic heterocycles. The average molecular weight is 492 g/mol. The molecule has 1 saturated heterocycles. The van der Waals surface area contributed by atoms with Gasteiger partial charge in [-0.15, -0.1) is 0 Å². The minimum atomic E-state index is -3.77. The maximum atomic E-state index is 13.1. The van der Waals surface area contributed by atoms with Gasteiger partial charge in [0.15, 0.2) is 6.10 Å². The van der Waals surface area contributed by atoms with Crippen molar-refractivity contribution in [3.63, 3.8) is 0 Å². The number of hydrogen-bond acceptors (Lipinski definition) is 6. The fourth-order valence-electron chi connectivity index (χ4n) is 3.67. The second-order valence-corrected chi connectivity index (χ2v) is 10.6. The third-order valence-electron chi connectivity index (χ3n) is 5.70. The van der Waals surface area contributed by atoms with Crippen molar-refractivity contribution in [2.24, 2.45) is 0 Å². The minimum absolute atomic E-state index is 0.0291. The predicted octanol–water partition coefficient (Wildman–Crippen LogP) is 2.93. The summed E-state index contributed by atoms with van der Waals surface area (Å²) in [5.41, 5.74) is 1.38. The van der Waals surface area contributed by atoms with Crippen molar-refractivity contribution in [2.75, 3.05) is 32.1 Å². The minimum Gasteiger partial charge on any atom is -0.449 e. The number of esters is 1. The van der Waals surface area contributed by atoms with E-state index in [1.54, 1.807) is 18.2 Å². The van der Waals surface area contributed by atoms with Gasteiger partial charge in [0.05, 0.1) is 16.1 Å². The van der Waals surface area contributed by atoms with Crippen LogP contribution in [0.3, 0.4) is 0 Å². The number of ether oxygens (including phenoxy) is 1. The Morgan fingerprint density at radius 3 is 2.35 bits per heavy atom. The molecule has 0 bridgehead atoms. The Labute approximate surface area is 199 Å². The summed E-state index contributed by atoms with van der Waals surface area (Å²) in [6, 6.07) is 10.1. The monoisotopic (exact) mass is 491 g/mol. The summed E-state index contributed by atoms with van der Waals surface area (Å²) in [6.07, 6.45) is 1.91. The van der Waals surface area contributed by atoms with Gasteiger partial charge in [0.1, 0.15) is 5.82 Å². The highest BCUT2D eigenvalue weighted by atomic mass is 32.2. The molecule has 2 aromatic rings. The van der Waals surface area contributed by atoms with Crippen molar-refractivity contribution in [2.45, 2.75) is 43.7 Å². The van der Waals surface area contributed by atoms with Gasteiger partial charge in [-0.25, -0.2) is 21.9 Å². The smallest absolute Gasteiger partial charge is 0.341 e. The van der Waals surface area contributed by atoms with Crippen molar-refractivity contribution in [1.29, 1.82) is 0 Å². The van der Waals surface area contributed by atoms with E-state index in [1.807, 2.05) is 4.90 Å². The zero-order valence-electron chi connectivity index (χ0n) is 19.6. The third-order valence-corrected chi connectivity index (χ3v) is 7.51. The fraction of sp³-hybridized carbons (Fsp3) is 0.417. The molecule has 0 aliphatic carbocycles. The number of piperidine rings is 1. The van der Waals surface area contributed by atoms with Crippen LogP contribution in [0.1, 0.15) is 42.1 Å². The number of rotatable bonds is 8. The van der Waals surface area contributed by atoms with Crippen LogP contribution in [0.25, 0.3) is 0 Å². The molecule has 2 aromatic carbocycles. The van der Waals surface area contributed by atoms with E-state index < -0.39 is 28.0 Å². The quantitative estimate of drug-likeness (QED) is 0.571. The van der Waals surface area contributed by atoms with Gasteiger partial charge in [-0.1, -0.05) is 12.1 Å². The Balaban J connectivity index is 1.78. The Morgan fingerprint density at radius 2 is 1.74 bits per heavy atom. The Morgan fingerprint density at radius 1 is 1.09 bits per heavy atom. The number of halogens is 1. The first kappa shape index (κ1) is 25.6. The van der Waals surface area contributed by atoms with Crippen LogP contribution in [0.15, 0.2) is 47.4 Å². The molecule has 184 valence electrons. The number of anilines is 1. The van der Waals surface area contributed by atoms with E-state index in [0.29, 0.717) is 11.3 Å². The van der Waals surface area contributed by atoms with E-state index in [1.165, 1.54) is 45.3 Å². The van der Waals surface area contributed by atoms with Crippen molar-refractivity contribution in [1.82, 2.24) is 9.62 Å². The molecule has 0 radical (unpaired) electrons. The fourth-order valence-corrected chi connectivity index (χ4v) is 4.60. The molecule has 1 N–H and O–H groups in total. The normalized spacial score (nSPS) is 15.1. The predicted molar refractivity (Wildman–Crippen MR) is 127 cm³/mol. The van der Waals surface area contributed by atoms with Gasteiger partial charge >= 0.3 is 5.97 Å². The maximum Gasteiger partial charge on any atom is 0.341 e. The molecule has 8 nitrogen and oxygen atoms in total. The highest BCUT2D eigenvalue weighted by molar-refractivity contribution is 7.89. The molecule has 34 heavy (non-hydrogen) atoms. The average Bonchev–Trinajstić information content (AvgIpc) is 2.83. The number of carbonyl (C=O) groups excluding carboxylic acids is 2. The Hall–Kier alpha value is -2.98. The summed E-state index contributed by atoms with van der Waals surface area (Å²) in [7, 11) is -0.934. The van der Waals surface area contributed by atoms with Crippen LogP contribution >= 0.6 is 0 Å². The zero-order valence-corrected chi connectivity index (χ0v) is 20.4. The lowest BCUT2D eigenvalue weighted by atomic mass is 10.1. The highest BCUT2D eigenvalue weighted by Crippen LogP contribution is 2.28. The van der Waals surface area contributed by atoms with E-state index in [-0.39, 0.29) is 22.8 Å². The van der Waals surface area contributed by atoms with Crippen molar-refractivity contribution < 1.29 is 27.1 Å². The molecule has 0 spiro atoms. The van der Waals surface area contributed by atoms with Crippen LogP contribution < -0.4 is 10.2 Å². The topological polar surface area (TPSA) is 96.0 Å². The molecule has 1 aliphatic rings. The van der Waals surface area contributed by atoms with Gasteiger partial charge in [0, 0.05) is 33.7 Å². The second kappa shape index (κ2) is 11.0. The van der Waals surface area contributed by atoms with Crippen molar-refractivity contribution in [3.05, 3.63) is 59.4 Å². The Kier molecular flexibility index (Phi) is 8.27. The van der Waals surface area contributed by atoms with E-state index in [4.69, 9.17) is 4.74 Å². The summed E-state index contributed by atoms with van der Waals surface area (Å²) in [4.78, 5) is 27.6. The molecule has 1 atom stereocenters. The van der Waals surface area contributed by atoms with Gasteiger partial charge in [-0.3, -0.25) is 4.79 Å². The van der Waals surface area contributed by atoms with Crippen LogP contribution in [0.2, 0.25) is 0 Å². The van der Waals surface area contributed by atoms with Crippen LogP contribution in [-0.2, 0) is 26.1 Å². The van der Waals surface area contributed by atoms with Gasteiger partial charge in [0.2, 0.25) is 10.0 Å². The second-order valence-electron chi connectivity index (χ2n) is 8.41. The molecule has 1 fully saturated rings. The lowest BCUT2D eigenvalue weighted by molar-refractivity contribution is -0.129. The highest BCUT2D eigenvalue weighted by Gasteiger charge is 2.27. The van der Waals surface area contributed by atoms with E-state index in [0.717, 1.165) is 36.7 Å². The molecule has 10 heteroatoms. The number of carbonyl (C=O) groups is 2. The summed E-state index contributed by atoms with van der Waals surface area (Å²) in [6.45, 7) is 3.08. The molecular formula is C24H30FN3O5S. The van der Waals surface area contributed by atoms with Gasteiger partial charge in [0.25, 0.3) is 5.91 Å². The molecule has 0 aromatic heterocycles. The van der Waals surface area contributed by atoms with Crippen LogP contribution in [0, 0.1) is 5.82 Å². The summed E-state index contributed by atoms with van der Waals surface area (Å²) >= 11 is 0. The standard InChI is InChI=1S/C24H30FN3O5S/c1-17(23(29)26-16-18-7-9-19(25)10-8-18)33-24(30)21-15-20(34(31,32)27(2)3)11-12-22(21)28-13-5-4-6-14-28/h7-12,15,17H,4-6,13-14,16H2,1-3H3,(H,26,29)/t17-/m0/s1. The number of nitrogens with zero attached hydrogens (tertiary/aromatic N) is 2. The van der Waals surface area contributed by atoms with Crippen LogP contribution in [-0.4, -0.2) is 57.9 Å². The molecule has 1 amide bonds. The summed E-state index contributed by atoms with van der Waals surface area (Å²) in [5, 5.41) is 2.65. The van der Waals surface area contributed by atoms with E-state index >= 15 is 0 Å². The van der Waals surface area contributed by atoms with Crippen molar-refractivity contribution in [3.8, 4) is 0 Å². The molecule has 3 rings (SSSR count). The number of hydrogen-bond donors (Lipinski definition) is 1. The molecule has 0 saturated carbocycles. The van der Waals surface area contributed by atoms with Gasteiger partial charge in [-0.2, -0.15) is 0 Å². The molecule has 0 unspecified atom stereocenters. The van der Waals surface area contributed by atoms with Gasteiger partial charge in [-0.05, 0) is 62.1 Å². The van der Waals surface area contributed by atoms with Crippen LogP contribution in [0.5, 0.6) is 0 Å². The number of sulfonamides is 1. The lowest BCUT2D eigenvalue weighted by Crippen LogP contribution is -2.36.